The monoisotopic (exact) mass is 417 g/mol. The Balaban J connectivity index is 1.29. The molecule has 6 heteroatoms. The van der Waals surface area contributed by atoms with Crippen molar-refractivity contribution in [1.29, 1.82) is 0 Å². The van der Waals surface area contributed by atoms with Gasteiger partial charge >= 0.3 is 0 Å². The number of amides is 2. The highest BCUT2D eigenvalue weighted by molar-refractivity contribution is 6.07. The lowest BCUT2D eigenvalue weighted by Crippen LogP contribution is -2.49. The van der Waals surface area contributed by atoms with Crippen LogP contribution in [0, 0.1) is 0 Å². The molecule has 0 aromatic heterocycles. The maximum Gasteiger partial charge on any atom is 0.254 e. The third-order valence-corrected chi connectivity index (χ3v) is 5.72. The summed E-state index contributed by atoms with van der Waals surface area (Å²) in [6.07, 6.45) is 0.398. The number of ether oxygens (including phenoxy) is 1. The number of carbonyl (C=O) groups is 2. The van der Waals surface area contributed by atoms with E-state index in [-0.39, 0.29) is 11.8 Å². The molecule has 1 heterocycles. The van der Waals surface area contributed by atoms with Gasteiger partial charge in [-0.05, 0) is 29.0 Å². The van der Waals surface area contributed by atoms with Crippen molar-refractivity contribution in [3.63, 3.8) is 0 Å². The van der Waals surface area contributed by atoms with Gasteiger partial charge < -0.3 is 15.0 Å². The second-order valence-electron chi connectivity index (χ2n) is 7.66. The molecule has 6 nitrogen and oxygen atoms in total. The lowest BCUT2D eigenvalue weighted by Gasteiger charge is -2.34. The fourth-order valence-corrected chi connectivity index (χ4v) is 3.98. The molecule has 1 aliphatic heterocycles. The minimum absolute atomic E-state index is 0.0428. The summed E-state index contributed by atoms with van der Waals surface area (Å²) in [4.78, 5) is 29.6. The number of para-hydroxylation sites is 2. The largest absolute Gasteiger partial charge is 0.495 e. The highest BCUT2D eigenvalue weighted by atomic mass is 16.5. The van der Waals surface area contributed by atoms with Gasteiger partial charge in [0.1, 0.15) is 5.75 Å². The summed E-state index contributed by atoms with van der Waals surface area (Å²) in [6.45, 7) is 3.51. The number of carbonyl (C=O) groups excluding carboxylic acids is 2. The van der Waals surface area contributed by atoms with Gasteiger partial charge in [-0.15, -0.1) is 0 Å². The van der Waals surface area contributed by atoms with E-state index >= 15 is 0 Å². The van der Waals surface area contributed by atoms with Gasteiger partial charge in [-0.2, -0.15) is 0 Å². The van der Waals surface area contributed by atoms with Crippen molar-refractivity contribution >= 4 is 28.3 Å². The van der Waals surface area contributed by atoms with Gasteiger partial charge in [0.05, 0.1) is 12.8 Å². The molecule has 0 aliphatic carbocycles. The van der Waals surface area contributed by atoms with Gasteiger partial charge in [-0.3, -0.25) is 14.5 Å². The molecule has 1 saturated heterocycles. The Kier molecular flexibility index (Phi) is 6.48. The normalized spacial score (nSPS) is 14.4. The highest BCUT2D eigenvalue weighted by Crippen LogP contribution is 2.23. The maximum absolute atomic E-state index is 13.1. The number of hydrogen-bond acceptors (Lipinski definition) is 4. The number of rotatable bonds is 6. The third-order valence-electron chi connectivity index (χ3n) is 5.72. The molecule has 3 aromatic rings. The molecule has 3 aromatic carbocycles. The van der Waals surface area contributed by atoms with Crippen LogP contribution in [0.4, 0.5) is 5.69 Å². The molecule has 1 aliphatic rings. The van der Waals surface area contributed by atoms with Gasteiger partial charge in [0.25, 0.3) is 5.91 Å². The zero-order chi connectivity index (χ0) is 21.6. The molecule has 0 bridgehead atoms. The van der Waals surface area contributed by atoms with Crippen LogP contribution in [0.5, 0.6) is 5.75 Å². The zero-order valence-electron chi connectivity index (χ0n) is 17.7. The van der Waals surface area contributed by atoms with Gasteiger partial charge in [-0.25, -0.2) is 0 Å². The van der Waals surface area contributed by atoms with Crippen LogP contribution in [0.25, 0.3) is 10.8 Å². The van der Waals surface area contributed by atoms with Crippen LogP contribution in [0.3, 0.4) is 0 Å². The molecular weight excluding hydrogens is 390 g/mol. The molecule has 0 saturated carbocycles. The van der Waals surface area contributed by atoms with Crippen LogP contribution >= 0.6 is 0 Å². The number of benzene rings is 3. The van der Waals surface area contributed by atoms with Crippen molar-refractivity contribution < 1.29 is 14.3 Å². The topological polar surface area (TPSA) is 61.9 Å². The van der Waals surface area contributed by atoms with Crippen LogP contribution in [0.1, 0.15) is 16.8 Å². The van der Waals surface area contributed by atoms with E-state index in [0.717, 1.165) is 29.4 Å². The van der Waals surface area contributed by atoms with Crippen LogP contribution in [0.2, 0.25) is 0 Å². The van der Waals surface area contributed by atoms with Gasteiger partial charge in [0, 0.05) is 44.7 Å². The lowest BCUT2D eigenvalue weighted by molar-refractivity contribution is -0.116. The predicted molar refractivity (Wildman–Crippen MR) is 123 cm³/mol. The summed E-state index contributed by atoms with van der Waals surface area (Å²) in [5.41, 5.74) is 1.43. The van der Waals surface area contributed by atoms with Crippen LogP contribution in [0.15, 0.2) is 66.7 Å². The Morgan fingerprint density at radius 1 is 0.903 bits per heavy atom. The Hall–Kier alpha value is -3.38. The molecule has 31 heavy (non-hydrogen) atoms. The summed E-state index contributed by atoms with van der Waals surface area (Å²) < 4.78 is 5.28. The van der Waals surface area contributed by atoms with Crippen molar-refractivity contribution in [3.05, 3.63) is 72.3 Å². The van der Waals surface area contributed by atoms with E-state index in [2.05, 4.69) is 10.2 Å². The van der Waals surface area contributed by atoms with E-state index in [1.54, 1.807) is 7.11 Å². The molecule has 2 amide bonds. The van der Waals surface area contributed by atoms with E-state index in [4.69, 9.17) is 4.74 Å². The Labute approximate surface area is 182 Å². The van der Waals surface area contributed by atoms with E-state index in [0.29, 0.717) is 37.5 Å². The smallest absolute Gasteiger partial charge is 0.254 e. The highest BCUT2D eigenvalue weighted by Gasteiger charge is 2.23. The van der Waals surface area contributed by atoms with Gasteiger partial charge in [-0.1, -0.05) is 48.5 Å². The number of anilines is 1. The average Bonchev–Trinajstić information content (AvgIpc) is 2.82. The van der Waals surface area contributed by atoms with Crippen LogP contribution < -0.4 is 10.1 Å². The molecule has 1 fully saturated rings. The second-order valence-corrected chi connectivity index (χ2v) is 7.66. The SMILES string of the molecule is COc1ccccc1NC(=O)CCN1CCN(C(=O)c2cccc3ccccc23)CC1. The molecule has 0 atom stereocenters. The van der Waals surface area contributed by atoms with E-state index in [1.807, 2.05) is 71.6 Å². The molecule has 0 spiro atoms. The molecule has 1 N–H and O–H groups in total. The minimum atomic E-state index is -0.0428. The zero-order valence-corrected chi connectivity index (χ0v) is 17.7. The molecule has 160 valence electrons. The number of nitrogens with zero attached hydrogens (tertiary/aromatic N) is 2. The summed E-state index contributed by atoms with van der Waals surface area (Å²) in [5.74, 6) is 0.681. The Bertz CT molecular complexity index is 1070. The van der Waals surface area contributed by atoms with Crippen molar-refractivity contribution in [2.75, 3.05) is 45.2 Å². The summed E-state index contributed by atoms with van der Waals surface area (Å²) in [6, 6.07) is 21.2. The first kappa shape index (κ1) is 20.9. The number of nitrogens with one attached hydrogen (secondary N) is 1. The maximum atomic E-state index is 13.1. The standard InChI is InChI=1S/C25H27N3O3/c1-31-23-12-5-4-11-22(23)26-24(29)13-14-27-15-17-28(18-16-27)25(30)21-10-6-8-19-7-2-3-9-20(19)21/h2-12H,13-18H2,1H3,(H,26,29). The third kappa shape index (κ3) is 4.86. The average molecular weight is 418 g/mol. The van der Waals surface area contributed by atoms with Crippen molar-refractivity contribution in [1.82, 2.24) is 9.80 Å². The Morgan fingerprint density at radius 2 is 1.61 bits per heavy atom. The van der Waals surface area contributed by atoms with E-state index < -0.39 is 0 Å². The van der Waals surface area contributed by atoms with E-state index in [1.165, 1.54) is 0 Å². The molecule has 0 radical (unpaired) electrons. The number of fused-ring (bicyclic) bond motifs is 1. The van der Waals surface area contributed by atoms with Gasteiger partial charge in [0.15, 0.2) is 0 Å². The van der Waals surface area contributed by atoms with Crippen LogP contribution in [-0.2, 0) is 4.79 Å². The Morgan fingerprint density at radius 3 is 2.42 bits per heavy atom. The number of piperazine rings is 1. The molecule has 0 unspecified atom stereocenters. The summed E-state index contributed by atoms with van der Waals surface area (Å²) >= 11 is 0. The summed E-state index contributed by atoms with van der Waals surface area (Å²) in [7, 11) is 1.59. The quantitative estimate of drug-likeness (QED) is 0.665. The van der Waals surface area contributed by atoms with Crippen molar-refractivity contribution in [2.24, 2.45) is 0 Å². The number of methoxy groups -OCH3 is 1. The fourth-order valence-electron chi connectivity index (χ4n) is 3.98. The molecular formula is C25H27N3O3. The van der Waals surface area contributed by atoms with Crippen LogP contribution in [-0.4, -0.2) is 61.4 Å². The predicted octanol–water partition coefficient (Wildman–Crippen LogP) is 3.64. The van der Waals surface area contributed by atoms with Gasteiger partial charge in [0.2, 0.25) is 5.91 Å². The summed E-state index contributed by atoms with van der Waals surface area (Å²) in [5, 5.41) is 4.98. The fraction of sp³-hybridized carbons (Fsp3) is 0.280. The van der Waals surface area contributed by atoms with E-state index in [9.17, 15) is 9.59 Å². The van der Waals surface area contributed by atoms with Crippen molar-refractivity contribution in [2.45, 2.75) is 6.42 Å². The van der Waals surface area contributed by atoms with Crippen molar-refractivity contribution in [3.8, 4) is 5.75 Å². The number of hydrogen-bond donors (Lipinski definition) is 1. The minimum Gasteiger partial charge on any atom is -0.495 e. The second kappa shape index (κ2) is 9.62. The first-order valence-corrected chi connectivity index (χ1v) is 10.6. The first-order valence-electron chi connectivity index (χ1n) is 10.6. The molecule has 4 rings (SSSR count). The first-order chi connectivity index (χ1) is 15.2. The lowest BCUT2D eigenvalue weighted by atomic mass is 10.0.